The van der Waals surface area contributed by atoms with Crippen molar-refractivity contribution in [3.63, 3.8) is 0 Å². The minimum absolute atomic E-state index is 0.192. The van der Waals surface area contributed by atoms with Gasteiger partial charge >= 0.3 is 12.2 Å². The van der Waals surface area contributed by atoms with E-state index in [1.54, 1.807) is 0 Å². The van der Waals surface area contributed by atoms with Crippen molar-refractivity contribution in [2.75, 3.05) is 26.2 Å². The van der Waals surface area contributed by atoms with Crippen LogP contribution in [-0.2, 0) is 9.47 Å². The Morgan fingerprint density at radius 2 is 1.04 bits per heavy atom. The molecule has 0 spiro atoms. The predicted octanol–water partition coefficient (Wildman–Crippen LogP) is 4.67. The Kier molecular flexibility index (Phi) is 7.03. The summed E-state index contributed by atoms with van der Waals surface area (Å²) in [7, 11) is 0. The number of piperidine rings is 1. The Balaban J connectivity index is 1.80. The summed E-state index contributed by atoms with van der Waals surface area (Å²) in [6.45, 7) is 14.5. The van der Waals surface area contributed by atoms with E-state index >= 15 is 0 Å². The molecule has 27 heavy (non-hydrogen) atoms. The number of likely N-dealkylation sites (tertiary alicyclic amines) is 2. The molecule has 0 aromatic heterocycles. The number of hydrogen-bond donors (Lipinski definition) is 0. The Hall–Kier alpha value is -1.46. The van der Waals surface area contributed by atoms with Gasteiger partial charge in [0, 0.05) is 26.2 Å². The highest BCUT2D eigenvalue weighted by molar-refractivity contribution is 5.68. The van der Waals surface area contributed by atoms with Crippen LogP contribution >= 0.6 is 0 Å². The first-order valence-corrected chi connectivity index (χ1v) is 10.4. The first-order valence-electron chi connectivity index (χ1n) is 10.4. The molecule has 2 amide bonds. The third kappa shape index (κ3) is 7.23. The van der Waals surface area contributed by atoms with Gasteiger partial charge in [0.2, 0.25) is 0 Å². The lowest BCUT2D eigenvalue weighted by Crippen LogP contribution is -2.43. The predicted molar refractivity (Wildman–Crippen MR) is 106 cm³/mol. The number of carbonyl (C=O) groups excluding carboxylic acids is 2. The van der Waals surface area contributed by atoms with Gasteiger partial charge in [0.1, 0.15) is 11.2 Å². The van der Waals surface area contributed by atoms with E-state index in [1.165, 1.54) is 0 Å². The normalized spacial score (nSPS) is 23.0. The average Bonchev–Trinajstić information content (AvgIpc) is 2.78. The van der Waals surface area contributed by atoms with Crippen LogP contribution in [0.2, 0.25) is 0 Å². The molecule has 1 atom stereocenters. The Labute approximate surface area is 164 Å². The molecule has 0 N–H and O–H groups in total. The highest BCUT2D eigenvalue weighted by Crippen LogP contribution is 2.33. The molecule has 2 saturated heterocycles. The number of carbonyl (C=O) groups is 2. The van der Waals surface area contributed by atoms with Crippen LogP contribution in [0.5, 0.6) is 0 Å². The molecule has 0 saturated carbocycles. The van der Waals surface area contributed by atoms with E-state index in [-0.39, 0.29) is 12.2 Å². The van der Waals surface area contributed by atoms with E-state index < -0.39 is 11.2 Å². The van der Waals surface area contributed by atoms with Crippen LogP contribution in [0.4, 0.5) is 9.59 Å². The number of ether oxygens (including phenoxy) is 2. The number of hydrogen-bond acceptors (Lipinski definition) is 4. The molecule has 1 unspecified atom stereocenters. The van der Waals surface area contributed by atoms with Crippen molar-refractivity contribution in [1.82, 2.24) is 9.80 Å². The van der Waals surface area contributed by atoms with E-state index in [2.05, 4.69) is 0 Å². The van der Waals surface area contributed by atoms with Crippen LogP contribution in [0.15, 0.2) is 0 Å². The second kappa shape index (κ2) is 8.70. The van der Waals surface area contributed by atoms with Crippen LogP contribution in [0.1, 0.15) is 73.6 Å². The zero-order chi connectivity index (χ0) is 20.2. The molecule has 2 fully saturated rings. The molecule has 156 valence electrons. The highest BCUT2D eigenvalue weighted by atomic mass is 16.6. The van der Waals surface area contributed by atoms with Gasteiger partial charge in [-0.05, 0) is 85.5 Å². The van der Waals surface area contributed by atoms with Crippen LogP contribution < -0.4 is 0 Å². The van der Waals surface area contributed by atoms with E-state index in [9.17, 15) is 9.59 Å². The molecule has 0 aromatic carbocycles. The number of nitrogens with zero attached hydrogens (tertiary/aromatic N) is 2. The molecule has 2 rings (SSSR count). The van der Waals surface area contributed by atoms with Crippen molar-refractivity contribution < 1.29 is 19.1 Å². The Morgan fingerprint density at radius 3 is 1.44 bits per heavy atom. The summed E-state index contributed by atoms with van der Waals surface area (Å²) < 4.78 is 11.0. The monoisotopic (exact) mass is 382 g/mol. The Bertz CT molecular complexity index is 513. The summed E-state index contributed by atoms with van der Waals surface area (Å²) in [5, 5.41) is 0. The van der Waals surface area contributed by atoms with Gasteiger partial charge in [-0.25, -0.2) is 9.59 Å². The molecule has 0 radical (unpaired) electrons. The van der Waals surface area contributed by atoms with Gasteiger partial charge in [-0.3, -0.25) is 0 Å². The lowest BCUT2D eigenvalue weighted by Gasteiger charge is -2.36. The summed E-state index contributed by atoms with van der Waals surface area (Å²) in [5.74, 6) is 1.25. The average molecular weight is 383 g/mol. The largest absolute Gasteiger partial charge is 0.444 e. The van der Waals surface area contributed by atoms with Crippen molar-refractivity contribution in [3.05, 3.63) is 0 Å². The van der Waals surface area contributed by atoms with Crippen LogP contribution in [0.3, 0.4) is 0 Å². The summed E-state index contributed by atoms with van der Waals surface area (Å²) >= 11 is 0. The van der Waals surface area contributed by atoms with Gasteiger partial charge in [0.15, 0.2) is 0 Å². The third-order valence-corrected chi connectivity index (χ3v) is 5.28. The topological polar surface area (TPSA) is 59.1 Å². The molecule has 2 heterocycles. The maximum Gasteiger partial charge on any atom is 0.410 e. The lowest BCUT2D eigenvalue weighted by atomic mass is 9.80. The second-order valence-corrected chi connectivity index (χ2v) is 9.96. The molecule has 2 aliphatic heterocycles. The zero-order valence-electron chi connectivity index (χ0n) is 18.0. The molecular weight excluding hydrogens is 344 g/mol. The van der Waals surface area contributed by atoms with E-state index in [1.807, 2.05) is 51.3 Å². The van der Waals surface area contributed by atoms with Gasteiger partial charge in [0.25, 0.3) is 0 Å². The summed E-state index contributed by atoms with van der Waals surface area (Å²) in [5.41, 5.74) is -0.891. The van der Waals surface area contributed by atoms with Crippen molar-refractivity contribution >= 4 is 12.2 Å². The van der Waals surface area contributed by atoms with Crippen molar-refractivity contribution in [2.45, 2.75) is 84.8 Å². The van der Waals surface area contributed by atoms with Crippen molar-refractivity contribution in [3.8, 4) is 0 Å². The first-order chi connectivity index (χ1) is 12.4. The smallest absolute Gasteiger partial charge is 0.410 e. The summed E-state index contributed by atoms with van der Waals surface area (Å²) in [6.07, 6.45) is 4.86. The van der Waals surface area contributed by atoms with Gasteiger partial charge in [-0.1, -0.05) is 0 Å². The van der Waals surface area contributed by atoms with E-state index in [0.717, 1.165) is 58.3 Å². The molecule has 6 nitrogen and oxygen atoms in total. The van der Waals surface area contributed by atoms with Crippen molar-refractivity contribution in [2.24, 2.45) is 11.8 Å². The maximum atomic E-state index is 12.3. The lowest BCUT2D eigenvalue weighted by molar-refractivity contribution is 0.0147. The third-order valence-electron chi connectivity index (χ3n) is 5.28. The summed E-state index contributed by atoms with van der Waals surface area (Å²) in [6, 6.07) is 0. The minimum atomic E-state index is -0.447. The standard InChI is InChI=1S/C21H38N2O4/c1-20(2,3)26-18(24)22-12-7-8-16(9-13-22)17-10-14-23(15-11-17)19(25)27-21(4,5)6/h16-17H,7-15H2,1-6H3. The number of rotatable bonds is 1. The molecule has 2 aliphatic rings. The Morgan fingerprint density at radius 1 is 0.667 bits per heavy atom. The fourth-order valence-corrected chi connectivity index (χ4v) is 3.98. The molecular formula is C21H38N2O4. The van der Waals surface area contributed by atoms with Gasteiger partial charge in [-0.2, -0.15) is 0 Å². The van der Waals surface area contributed by atoms with Gasteiger partial charge in [0.05, 0.1) is 0 Å². The fourth-order valence-electron chi connectivity index (χ4n) is 3.98. The zero-order valence-corrected chi connectivity index (χ0v) is 18.0. The molecule has 0 aromatic rings. The fraction of sp³-hybridized carbons (Fsp3) is 0.905. The highest BCUT2D eigenvalue weighted by Gasteiger charge is 2.32. The second-order valence-electron chi connectivity index (χ2n) is 9.96. The van der Waals surface area contributed by atoms with Gasteiger partial charge < -0.3 is 19.3 Å². The van der Waals surface area contributed by atoms with Crippen LogP contribution in [0, 0.1) is 11.8 Å². The SMILES string of the molecule is CC(C)(C)OC(=O)N1CCCC(C2CCN(C(=O)OC(C)(C)C)CC2)CC1. The van der Waals surface area contributed by atoms with Crippen molar-refractivity contribution in [1.29, 1.82) is 0 Å². The minimum Gasteiger partial charge on any atom is -0.444 e. The molecule has 0 bridgehead atoms. The quantitative estimate of drug-likeness (QED) is 0.661. The van der Waals surface area contributed by atoms with Gasteiger partial charge in [-0.15, -0.1) is 0 Å². The van der Waals surface area contributed by atoms with E-state index in [0.29, 0.717) is 11.8 Å². The van der Waals surface area contributed by atoms with Crippen LogP contribution in [0.25, 0.3) is 0 Å². The van der Waals surface area contributed by atoms with E-state index in [4.69, 9.17) is 9.47 Å². The summed E-state index contributed by atoms with van der Waals surface area (Å²) in [4.78, 5) is 28.3. The first kappa shape index (κ1) is 21.8. The van der Waals surface area contributed by atoms with Crippen LogP contribution in [-0.4, -0.2) is 59.4 Å². The number of amides is 2. The maximum absolute atomic E-state index is 12.3. The molecule has 6 heteroatoms. The molecule has 0 aliphatic carbocycles.